The van der Waals surface area contributed by atoms with E-state index in [2.05, 4.69) is 53.5 Å². The zero-order chi connectivity index (χ0) is 21.0. The molecule has 3 aromatic rings. The summed E-state index contributed by atoms with van der Waals surface area (Å²) >= 11 is 0. The van der Waals surface area contributed by atoms with E-state index in [0.29, 0.717) is 12.2 Å². The number of hydrogen-bond donors (Lipinski definition) is 0. The van der Waals surface area contributed by atoms with Crippen molar-refractivity contribution in [3.63, 3.8) is 0 Å². The van der Waals surface area contributed by atoms with E-state index in [1.165, 1.54) is 11.1 Å². The second kappa shape index (κ2) is 11.4. The molecule has 152 valence electrons. The van der Waals surface area contributed by atoms with Gasteiger partial charge >= 0.3 is 5.97 Å². The van der Waals surface area contributed by atoms with Gasteiger partial charge < -0.3 is 9.64 Å². The van der Waals surface area contributed by atoms with Crippen LogP contribution in [0.1, 0.15) is 28.4 Å². The quantitative estimate of drug-likeness (QED) is 0.409. The molecule has 3 aromatic carbocycles. The molecule has 0 aliphatic carbocycles. The second-order valence-electron chi connectivity index (χ2n) is 6.80. The Kier molecular flexibility index (Phi) is 8.04. The number of hydrogen-bond acceptors (Lipinski definition) is 3. The summed E-state index contributed by atoms with van der Waals surface area (Å²) < 4.78 is 5.08. The minimum Gasteiger partial charge on any atom is -0.462 e. The van der Waals surface area contributed by atoms with Crippen LogP contribution in [0.25, 0.3) is 12.2 Å². The molecule has 0 spiro atoms. The van der Waals surface area contributed by atoms with E-state index in [4.69, 9.17) is 4.74 Å². The number of esters is 1. The van der Waals surface area contributed by atoms with Gasteiger partial charge in [0, 0.05) is 18.8 Å². The van der Waals surface area contributed by atoms with Gasteiger partial charge in [-0.3, -0.25) is 0 Å². The maximum Gasteiger partial charge on any atom is 0.338 e. The van der Waals surface area contributed by atoms with E-state index in [-0.39, 0.29) is 5.97 Å². The van der Waals surface area contributed by atoms with Crippen LogP contribution >= 0.6 is 0 Å². The first-order valence-corrected chi connectivity index (χ1v) is 10.2. The van der Waals surface area contributed by atoms with Gasteiger partial charge in [0.15, 0.2) is 0 Å². The summed E-state index contributed by atoms with van der Waals surface area (Å²) in [5.74, 6) is -0.288. The third-order valence-corrected chi connectivity index (χ3v) is 4.61. The van der Waals surface area contributed by atoms with Gasteiger partial charge in [-0.15, -0.1) is 0 Å². The van der Waals surface area contributed by atoms with E-state index in [1.54, 1.807) is 0 Å². The van der Waals surface area contributed by atoms with E-state index in [9.17, 15) is 4.79 Å². The first-order chi connectivity index (χ1) is 14.8. The number of nitrogens with zero attached hydrogens (tertiary/aromatic N) is 1. The first kappa shape index (κ1) is 21.1. The van der Waals surface area contributed by atoms with Crippen molar-refractivity contribution in [3.8, 4) is 0 Å². The fourth-order valence-electron chi connectivity index (χ4n) is 3.07. The van der Waals surface area contributed by atoms with Crippen LogP contribution in [0, 0.1) is 0 Å². The van der Waals surface area contributed by atoms with Gasteiger partial charge in [0.05, 0.1) is 12.2 Å². The molecule has 0 bridgehead atoms. The van der Waals surface area contributed by atoms with E-state index in [0.717, 1.165) is 18.8 Å². The van der Waals surface area contributed by atoms with Gasteiger partial charge in [-0.1, -0.05) is 85.0 Å². The Morgan fingerprint density at radius 2 is 1.27 bits per heavy atom. The molecule has 3 rings (SSSR count). The average molecular weight is 398 g/mol. The van der Waals surface area contributed by atoms with Crippen molar-refractivity contribution in [2.45, 2.75) is 6.92 Å². The smallest absolute Gasteiger partial charge is 0.338 e. The van der Waals surface area contributed by atoms with Crippen molar-refractivity contribution in [1.29, 1.82) is 0 Å². The van der Waals surface area contributed by atoms with E-state index < -0.39 is 0 Å². The van der Waals surface area contributed by atoms with Crippen molar-refractivity contribution in [3.05, 3.63) is 114 Å². The Morgan fingerprint density at radius 1 is 0.767 bits per heavy atom. The lowest BCUT2D eigenvalue weighted by Gasteiger charge is -2.22. The zero-order valence-electron chi connectivity index (χ0n) is 17.3. The Morgan fingerprint density at radius 3 is 1.73 bits per heavy atom. The van der Waals surface area contributed by atoms with Gasteiger partial charge in [-0.25, -0.2) is 4.79 Å². The maximum atomic E-state index is 11.9. The molecular weight excluding hydrogens is 370 g/mol. The van der Waals surface area contributed by atoms with Gasteiger partial charge in [0.1, 0.15) is 0 Å². The Bertz CT molecular complexity index is 909. The molecule has 0 aromatic heterocycles. The highest BCUT2D eigenvalue weighted by atomic mass is 16.5. The maximum absolute atomic E-state index is 11.9. The van der Waals surface area contributed by atoms with Crippen molar-refractivity contribution in [2.75, 3.05) is 24.6 Å². The lowest BCUT2D eigenvalue weighted by molar-refractivity contribution is 0.0526. The van der Waals surface area contributed by atoms with Crippen LogP contribution in [0.5, 0.6) is 0 Å². The third kappa shape index (κ3) is 6.49. The predicted octanol–water partition coefficient (Wildman–Crippen LogP) is 6.10. The molecule has 3 nitrogen and oxygen atoms in total. The topological polar surface area (TPSA) is 29.5 Å². The first-order valence-electron chi connectivity index (χ1n) is 10.2. The average Bonchev–Trinajstić information content (AvgIpc) is 2.80. The van der Waals surface area contributed by atoms with Crippen LogP contribution in [0.15, 0.2) is 97.1 Å². The normalized spacial score (nSPS) is 11.1. The number of benzene rings is 3. The molecule has 0 saturated carbocycles. The molecule has 3 heteroatoms. The van der Waals surface area contributed by atoms with Crippen LogP contribution in [0.4, 0.5) is 5.69 Å². The fourth-order valence-corrected chi connectivity index (χ4v) is 3.07. The summed E-state index contributed by atoms with van der Waals surface area (Å²) in [6, 6.07) is 28.1. The monoisotopic (exact) mass is 397 g/mol. The summed E-state index contributed by atoms with van der Waals surface area (Å²) in [5, 5.41) is 0. The van der Waals surface area contributed by atoms with Gasteiger partial charge in [0.2, 0.25) is 0 Å². The van der Waals surface area contributed by atoms with Crippen molar-refractivity contribution >= 4 is 23.8 Å². The molecule has 30 heavy (non-hydrogen) atoms. The largest absolute Gasteiger partial charge is 0.462 e. The Labute approximate surface area is 178 Å². The Balaban J connectivity index is 1.73. The zero-order valence-corrected chi connectivity index (χ0v) is 17.3. The molecular formula is C27H27NO2. The molecule has 0 amide bonds. The standard InChI is InChI=1S/C27H27NO2/c1-2-30-27(29)25-17-19-26(20-18-25)28(21-9-15-23-11-5-3-6-12-23)22-10-16-24-13-7-4-8-14-24/h3-20H,2,21-22H2,1H3/b15-9+,16-10+. The van der Waals surface area contributed by atoms with Crippen molar-refractivity contribution < 1.29 is 9.53 Å². The molecule has 0 aliphatic heterocycles. The predicted molar refractivity (Wildman–Crippen MR) is 126 cm³/mol. The number of carbonyl (C=O) groups excluding carboxylic acids is 1. The number of carbonyl (C=O) groups is 1. The molecule has 0 saturated heterocycles. The summed E-state index contributed by atoms with van der Waals surface area (Å²) in [4.78, 5) is 14.2. The van der Waals surface area contributed by atoms with Gasteiger partial charge in [0.25, 0.3) is 0 Å². The Hall–Kier alpha value is -3.59. The highest BCUT2D eigenvalue weighted by Crippen LogP contribution is 2.17. The molecule has 0 N–H and O–H groups in total. The number of anilines is 1. The molecule has 0 aliphatic rings. The van der Waals surface area contributed by atoms with Crippen LogP contribution in [0.3, 0.4) is 0 Å². The summed E-state index contributed by atoms with van der Waals surface area (Å²) in [7, 11) is 0. The van der Waals surface area contributed by atoms with Crippen molar-refractivity contribution in [1.82, 2.24) is 0 Å². The molecule has 0 unspecified atom stereocenters. The molecule has 0 atom stereocenters. The van der Waals surface area contributed by atoms with Crippen LogP contribution in [-0.4, -0.2) is 25.7 Å². The SMILES string of the molecule is CCOC(=O)c1ccc(N(C/C=C/c2ccccc2)C/C=C/c2ccccc2)cc1. The highest BCUT2D eigenvalue weighted by Gasteiger charge is 2.08. The lowest BCUT2D eigenvalue weighted by atomic mass is 10.1. The number of rotatable bonds is 9. The number of ether oxygens (including phenoxy) is 1. The van der Waals surface area contributed by atoms with Gasteiger partial charge in [-0.2, -0.15) is 0 Å². The van der Waals surface area contributed by atoms with E-state index >= 15 is 0 Å². The summed E-state index contributed by atoms with van der Waals surface area (Å²) in [6.45, 7) is 3.70. The third-order valence-electron chi connectivity index (χ3n) is 4.61. The minimum absolute atomic E-state index is 0.288. The molecule has 0 fully saturated rings. The molecule has 0 heterocycles. The summed E-state index contributed by atoms with van der Waals surface area (Å²) in [5.41, 5.74) is 3.98. The molecule has 0 radical (unpaired) electrons. The fraction of sp³-hybridized carbons (Fsp3) is 0.148. The van der Waals surface area contributed by atoms with Crippen molar-refractivity contribution in [2.24, 2.45) is 0 Å². The highest BCUT2D eigenvalue weighted by molar-refractivity contribution is 5.89. The van der Waals surface area contributed by atoms with E-state index in [1.807, 2.05) is 67.6 Å². The van der Waals surface area contributed by atoms with Crippen LogP contribution in [0.2, 0.25) is 0 Å². The summed E-state index contributed by atoms with van der Waals surface area (Å²) in [6.07, 6.45) is 8.57. The van der Waals surface area contributed by atoms with Crippen LogP contribution in [-0.2, 0) is 4.74 Å². The minimum atomic E-state index is -0.288. The second-order valence-corrected chi connectivity index (χ2v) is 6.80. The lowest BCUT2D eigenvalue weighted by Crippen LogP contribution is -2.23. The van der Waals surface area contributed by atoms with Crippen LogP contribution < -0.4 is 4.90 Å². The van der Waals surface area contributed by atoms with Gasteiger partial charge in [-0.05, 0) is 42.3 Å².